The van der Waals surface area contributed by atoms with E-state index in [1.165, 1.54) is 22.5 Å². The highest BCUT2D eigenvalue weighted by atomic mass is 32.2. The van der Waals surface area contributed by atoms with E-state index in [1.807, 2.05) is 6.92 Å². The van der Waals surface area contributed by atoms with Gasteiger partial charge in [-0.25, -0.2) is 13.2 Å². The van der Waals surface area contributed by atoms with Gasteiger partial charge in [0.2, 0.25) is 10.0 Å². The fourth-order valence-corrected chi connectivity index (χ4v) is 4.28. The van der Waals surface area contributed by atoms with Crippen LogP contribution in [0.2, 0.25) is 0 Å². The molecule has 3 N–H and O–H groups in total. The number of hydrogen-bond donors (Lipinski definition) is 3. The molecule has 1 fully saturated rings. The molecule has 2 heterocycles. The van der Waals surface area contributed by atoms with Gasteiger partial charge in [-0.2, -0.15) is 4.31 Å². The fraction of sp³-hybridized carbons (Fsp3) is 0.385. The van der Waals surface area contributed by atoms with Gasteiger partial charge in [-0.15, -0.1) is 0 Å². The molecule has 3 rings (SSSR count). The van der Waals surface area contributed by atoms with E-state index in [0.29, 0.717) is 25.2 Å². The second-order valence-corrected chi connectivity index (χ2v) is 7.18. The summed E-state index contributed by atoms with van der Waals surface area (Å²) in [5.41, 5.74) is -0.922. The Morgan fingerprint density at radius 3 is 2.73 bits per heavy atom. The molecular weight excluding hydrogens is 308 g/mol. The maximum absolute atomic E-state index is 12.7. The Hall–Kier alpha value is -1.97. The first kappa shape index (κ1) is 14.9. The molecule has 1 atom stereocenters. The Kier molecular flexibility index (Phi) is 3.63. The van der Waals surface area contributed by atoms with Crippen molar-refractivity contribution in [2.24, 2.45) is 0 Å². The van der Waals surface area contributed by atoms with E-state index < -0.39 is 21.3 Å². The van der Waals surface area contributed by atoms with E-state index in [0.717, 1.165) is 0 Å². The highest BCUT2D eigenvalue weighted by molar-refractivity contribution is 7.89. The molecule has 8 nitrogen and oxygen atoms in total. The second-order valence-electron chi connectivity index (χ2n) is 5.28. The maximum Gasteiger partial charge on any atom is 0.326 e. The number of nitrogens with one attached hydrogen (secondary N) is 3. The number of sulfonamides is 1. The number of rotatable bonds is 2. The summed E-state index contributed by atoms with van der Waals surface area (Å²) in [6, 6.07) is 3.98. The highest BCUT2D eigenvalue weighted by Gasteiger charge is 2.31. The molecule has 2 aromatic rings. The third kappa shape index (κ3) is 2.47. The van der Waals surface area contributed by atoms with Gasteiger partial charge in [-0.1, -0.05) is 0 Å². The van der Waals surface area contributed by atoms with Gasteiger partial charge >= 0.3 is 5.69 Å². The van der Waals surface area contributed by atoms with Gasteiger partial charge in [-0.05, 0) is 25.1 Å². The molecule has 1 aliphatic heterocycles. The van der Waals surface area contributed by atoms with Crippen LogP contribution >= 0.6 is 0 Å². The Morgan fingerprint density at radius 2 is 2.00 bits per heavy atom. The van der Waals surface area contributed by atoms with Crippen molar-refractivity contribution in [3.8, 4) is 0 Å². The minimum Gasteiger partial charge on any atom is -0.314 e. The quantitative estimate of drug-likeness (QED) is 0.669. The summed E-state index contributed by atoms with van der Waals surface area (Å²) < 4.78 is 26.9. The molecule has 0 amide bonds. The maximum atomic E-state index is 12.7. The third-order valence-corrected chi connectivity index (χ3v) is 5.77. The van der Waals surface area contributed by atoms with Crippen LogP contribution < -0.4 is 16.6 Å². The summed E-state index contributed by atoms with van der Waals surface area (Å²) in [6.07, 6.45) is 0. The molecule has 0 spiro atoms. The van der Waals surface area contributed by atoms with Crippen LogP contribution in [-0.4, -0.2) is 48.4 Å². The number of hydrogen-bond acceptors (Lipinski definition) is 5. The molecule has 9 heteroatoms. The van der Waals surface area contributed by atoms with Crippen LogP contribution in [0.5, 0.6) is 0 Å². The first-order chi connectivity index (χ1) is 10.4. The monoisotopic (exact) mass is 324 g/mol. The summed E-state index contributed by atoms with van der Waals surface area (Å²) in [5.74, 6) is 0. The fourth-order valence-electron chi connectivity index (χ4n) is 2.62. The zero-order valence-electron chi connectivity index (χ0n) is 11.9. The Labute approximate surface area is 126 Å². The van der Waals surface area contributed by atoms with Crippen molar-refractivity contribution >= 4 is 20.9 Å². The van der Waals surface area contributed by atoms with Crippen molar-refractivity contribution < 1.29 is 8.42 Å². The van der Waals surface area contributed by atoms with Crippen LogP contribution in [0.3, 0.4) is 0 Å². The van der Waals surface area contributed by atoms with Crippen LogP contribution in [0, 0.1) is 0 Å². The molecule has 0 radical (unpaired) electrons. The highest BCUT2D eigenvalue weighted by Crippen LogP contribution is 2.21. The molecule has 1 aromatic heterocycles. The molecule has 0 bridgehead atoms. The van der Waals surface area contributed by atoms with Gasteiger partial charge in [0.15, 0.2) is 0 Å². The van der Waals surface area contributed by atoms with E-state index >= 15 is 0 Å². The van der Waals surface area contributed by atoms with Gasteiger partial charge in [-0.3, -0.25) is 9.78 Å². The normalized spacial score (nSPS) is 20.3. The molecular formula is C13H16N4O4S. The molecule has 22 heavy (non-hydrogen) atoms. The van der Waals surface area contributed by atoms with Crippen molar-refractivity contribution in [1.82, 2.24) is 19.6 Å². The summed E-state index contributed by atoms with van der Waals surface area (Å²) >= 11 is 0. The second kappa shape index (κ2) is 5.34. The van der Waals surface area contributed by atoms with Crippen LogP contribution in [0.4, 0.5) is 0 Å². The predicted molar refractivity (Wildman–Crippen MR) is 81.4 cm³/mol. The minimum absolute atomic E-state index is 0.0475. The number of H-pyrrole nitrogens is 2. The molecule has 0 unspecified atom stereocenters. The van der Waals surface area contributed by atoms with Crippen LogP contribution in [0.15, 0.2) is 32.7 Å². The summed E-state index contributed by atoms with van der Waals surface area (Å²) in [5, 5.41) is 3.27. The van der Waals surface area contributed by atoms with Gasteiger partial charge in [0.1, 0.15) is 0 Å². The van der Waals surface area contributed by atoms with Crippen molar-refractivity contribution in [2.45, 2.75) is 17.9 Å². The number of aromatic amines is 2. The lowest BCUT2D eigenvalue weighted by Gasteiger charge is -2.32. The number of nitrogens with zero attached hydrogens (tertiary/aromatic N) is 1. The van der Waals surface area contributed by atoms with Crippen molar-refractivity contribution in [1.29, 1.82) is 0 Å². The topological polar surface area (TPSA) is 115 Å². The summed E-state index contributed by atoms with van der Waals surface area (Å²) in [6.45, 7) is 3.38. The van der Waals surface area contributed by atoms with E-state index in [1.54, 1.807) is 0 Å². The molecule has 0 aliphatic carbocycles. The first-order valence-corrected chi connectivity index (χ1v) is 8.32. The zero-order valence-corrected chi connectivity index (χ0v) is 12.7. The lowest BCUT2D eigenvalue weighted by molar-refractivity contribution is 0.284. The van der Waals surface area contributed by atoms with Gasteiger partial charge < -0.3 is 10.3 Å². The lowest BCUT2D eigenvalue weighted by Crippen LogP contribution is -2.52. The van der Waals surface area contributed by atoms with E-state index in [-0.39, 0.29) is 16.3 Å². The molecule has 1 aromatic carbocycles. The predicted octanol–water partition coefficient (Wildman–Crippen LogP) is -0.801. The zero-order chi connectivity index (χ0) is 15.9. The van der Waals surface area contributed by atoms with Gasteiger partial charge in [0, 0.05) is 25.7 Å². The average molecular weight is 324 g/mol. The van der Waals surface area contributed by atoms with Crippen molar-refractivity contribution in [3.05, 3.63) is 39.0 Å². The SMILES string of the molecule is C[C@H]1CNCCN1S(=O)(=O)c1ccc2[nH]c(=O)[nH]c(=O)c2c1. The third-order valence-electron chi connectivity index (χ3n) is 3.76. The number of benzene rings is 1. The minimum atomic E-state index is -3.68. The van der Waals surface area contributed by atoms with E-state index in [2.05, 4.69) is 15.3 Å². The number of aromatic nitrogens is 2. The van der Waals surface area contributed by atoms with Gasteiger partial charge in [0.05, 0.1) is 15.8 Å². The Morgan fingerprint density at radius 1 is 1.23 bits per heavy atom. The molecule has 1 saturated heterocycles. The van der Waals surface area contributed by atoms with Crippen molar-refractivity contribution in [3.63, 3.8) is 0 Å². The van der Waals surface area contributed by atoms with Crippen LogP contribution in [-0.2, 0) is 10.0 Å². The number of fused-ring (bicyclic) bond motifs is 1. The van der Waals surface area contributed by atoms with E-state index in [4.69, 9.17) is 0 Å². The van der Waals surface area contributed by atoms with E-state index in [9.17, 15) is 18.0 Å². The average Bonchev–Trinajstić information content (AvgIpc) is 2.47. The molecule has 118 valence electrons. The lowest BCUT2D eigenvalue weighted by atomic mass is 10.2. The summed E-state index contributed by atoms with van der Waals surface area (Å²) in [7, 11) is -3.68. The molecule has 1 aliphatic rings. The van der Waals surface area contributed by atoms with Crippen LogP contribution in [0.25, 0.3) is 10.9 Å². The summed E-state index contributed by atoms with van der Waals surface area (Å²) in [4.78, 5) is 27.7. The smallest absolute Gasteiger partial charge is 0.314 e. The Balaban J connectivity index is 2.13. The van der Waals surface area contributed by atoms with Crippen LogP contribution in [0.1, 0.15) is 6.92 Å². The standard InChI is InChI=1S/C13H16N4O4S/c1-8-7-14-4-5-17(8)22(20,21)9-2-3-11-10(6-9)12(18)16-13(19)15-11/h2-3,6,8,14H,4-5,7H2,1H3,(H2,15,16,18,19)/t8-/m0/s1. The largest absolute Gasteiger partial charge is 0.326 e. The number of piperazine rings is 1. The molecule has 0 saturated carbocycles. The van der Waals surface area contributed by atoms with Gasteiger partial charge in [0.25, 0.3) is 5.56 Å². The van der Waals surface area contributed by atoms with Crippen molar-refractivity contribution in [2.75, 3.05) is 19.6 Å². The Bertz CT molecular complexity index is 931. The first-order valence-electron chi connectivity index (χ1n) is 6.88.